The van der Waals surface area contributed by atoms with Gasteiger partial charge >= 0.3 is 0 Å². The molecule has 0 bridgehead atoms. The molecule has 2 nitrogen and oxygen atoms in total. The van der Waals surface area contributed by atoms with Gasteiger partial charge in [-0.1, -0.05) is 12.1 Å². The first kappa shape index (κ1) is 9.64. The molecule has 0 aliphatic rings. The molecular weight excluding hydrogens is 223 g/mol. The van der Waals surface area contributed by atoms with Crippen LogP contribution in [-0.2, 0) is 6.42 Å². The zero-order chi connectivity index (χ0) is 8.97. The van der Waals surface area contributed by atoms with E-state index in [0.717, 1.165) is 12.0 Å². The summed E-state index contributed by atoms with van der Waals surface area (Å²) in [7, 11) is 0. The van der Waals surface area contributed by atoms with Crippen LogP contribution in [0.25, 0.3) is 0 Å². The van der Waals surface area contributed by atoms with E-state index in [9.17, 15) is 4.39 Å². The molecule has 0 aliphatic heterocycles. The number of hydrogen-bond acceptors (Lipinski definition) is 2. The average molecular weight is 233 g/mol. The highest BCUT2D eigenvalue weighted by Crippen LogP contribution is 2.20. The van der Waals surface area contributed by atoms with Crippen LogP contribution in [0.2, 0.25) is 0 Å². The monoisotopic (exact) mass is 232 g/mol. The Morgan fingerprint density at radius 3 is 2.92 bits per heavy atom. The molecule has 1 aromatic carbocycles. The van der Waals surface area contributed by atoms with Crippen LogP contribution in [-0.4, -0.2) is 6.54 Å². The van der Waals surface area contributed by atoms with Crippen LogP contribution in [0.15, 0.2) is 22.7 Å². The van der Waals surface area contributed by atoms with Gasteiger partial charge in [0.05, 0.1) is 4.47 Å². The van der Waals surface area contributed by atoms with Gasteiger partial charge in [0, 0.05) is 6.54 Å². The molecule has 1 aromatic rings. The van der Waals surface area contributed by atoms with E-state index in [1.54, 1.807) is 6.07 Å². The second-order valence-electron chi connectivity index (χ2n) is 2.42. The highest BCUT2D eigenvalue weighted by Gasteiger charge is 2.03. The van der Waals surface area contributed by atoms with Crippen molar-refractivity contribution < 1.29 is 4.39 Å². The molecule has 1 rings (SSSR count). The third-order valence-corrected chi connectivity index (χ3v) is 2.46. The highest BCUT2D eigenvalue weighted by molar-refractivity contribution is 9.10. The zero-order valence-electron chi connectivity index (χ0n) is 6.48. The van der Waals surface area contributed by atoms with Gasteiger partial charge in [0.25, 0.3) is 0 Å². The molecule has 66 valence electrons. The molecule has 0 aliphatic carbocycles. The van der Waals surface area contributed by atoms with Crippen LogP contribution in [0.3, 0.4) is 0 Å². The van der Waals surface area contributed by atoms with E-state index < -0.39 is 0 Å². The molecule has 0 aromatic heterocycles. The number of halogens is 2. The molecule has 0 atom stereocenters. The SMILES string of the molecule is NNCCc1cccc(F)c1Br. The van der Waals surface area contributed by atoms with E-state index >= 15 is 0 Å². The third kappa shape index (κ3) is 2.27. The fraction of sp³-hybridized carbons (Fsp3) is 0.250. The third-order valence-electron chi connectivity index (χ3n) is 1.57. The molecule has 0 heterocycles. The molecule has 0 saturated heterocycles. The Morgan fingerprint density at radius 2 is 2.25 bits per heavy atom. The van der Waals surface area contributed by atoms with Gasteiger partial charge in [-0.25, -0.2) is 4.39 Å². The summed E-state index contributed by atoms with van der Waals surface area (Å²) < 4.78 is 13.4. The maximum Gasteiger partial charge on any atom is 0.137 e. The van der Waals surface area contributed by atoms with Crippen molar-refractivity contribution in [2.75, 3.05) is 6.54 Å². The van der Waals surface area contributed by atoms with Crippen molar-refractivity contribution in [2.24, 2.45) is 5.84 Å². The van der Waals surface area contributed by atoms with Gasteiger partial charge in [0.15, 0.2) is 0 Å². The molecule has 0 amide bonds. The Balaban J connectivity index is 2.78. The second-order valence-corrected chi connectivity index (χ2v) is 3.21. The van der Waals surface area contributed by atoms with Crippen LogP contribution in [0.1, 0.15) is 5.56 Å². The van der Waals surface area contributed by atoms with E-state index in [0.29, 0.717) is 11.0 Å². The fourth-order valence-electron chi connectivity index (χ4n) is 0.948. The summed E-state index contributed by atoms with van der Waals surface area (Å²) in [4.78, 5) is 0. The van der Waals surface area contributed by atoms with E-state index in [2.05, 4.69) is 21.4 Å². The quantitative estimate of drug-likeness (QED) is 0.614. The van der Waals surface area contributed by atoms with Crippen molar-refractivity contribution >= 4 is 15.9 Å². The van der Waals surface area contributed by atoms with Gasteiger partial charge in [-0.3, -0.25) is 11.3 Å². The molecular formula is C8H10BrFN2. The first-order chi connectivity index (χ1) is 5.75. The summed E-state index contributed by atoms with van der Waals surface area (Å²) in [5, 5.41) is 0. The molecule has 12 heavy (non-hydrogen) atoms. The lowest BCUT2D eigenvalue weighted by molar-refractivity contribution is 0.616. The summed E-state index contributed by atoms with van der Waals surface area (Å²) in [6.45, 7) is 0.641. The van der Waals surface area contributed by atoms with Crippen LogP contribution >= 0.6 is 15.9 Å². The molecule has 4 heteroatoms. The molecule has 3 N–H and O–H groups in total. The highest BCUT2D eigenvalue weighted by atomic mass is 79.9. The van der Waals surface area contributed by atoms with E-state index in [1.807, 2.05) is 6.07 Å². The van der Waals surface area contributed by atoms with Gasteiger partial charge in [0.2, 0.25) is 0 Å². The van der Waals surface area contributed by atoms with Crippen LogP contribution in [0, 0.1) is 5.82 Å². The first-order valence-corrected chi connectivity index (χ1v) is 4.41. The minimum Gasteiger partial charge on any atom is -0.271 e. The standard InChI is InChI=1S/C8H10BrFN2/c9-8-6(4-5-12-11)2-1-3-7(8)10/h1-3,12H,4-5,11H2. The van der Waals surface area contributed by atoms with E-state index in [-0.39, 0.29) is 5.82 Å². The first-order valence-electron chi connectivity index (χ1n) is 3.62. The number of rotatable bonds is 3. The van der Waals surface area contributed by atoms with E-state index in [1.165, 1.54) is 6.07 Å². The van der Waals surface area contributed by atoms with Crippen LogP contribution in [0.5, 0.6) is 0 Å². The Hall–Kier alpha value is -0.450. The largest absolute Gasteiger partial charge is 0.271 e. The maximum absolute atomic E-state index is 12.9. The summed E-state index contributed by atoms with van der Waals surface area (Å²) in [6.07, 6.45) is 0.717. The Labute approximate surface area is 79.1 Å². The van der Waals surface area contributed by atoms with Gasteiger partial charge in [-0.05, 0) is 34.0 Å². The average Bonchev–Trinajstić information content (AvgIpc) is 2.08. The lowest BCUT2D eigenvalue weighted by atomic mass is 10.1. The predicted octanol–water partition coefficient (Wildman–Crippen LogP) is 1.59. The summed E-state index contributed by atoms with van der Waals surface area (Å²) in [6, 6.07) is 4.97. The zero-order valence-corrected chi connectivity index (χ0v) is 8.07. The fourth-order valence-corrected chi connectivity index (χ4v) is 1.41. The Kier molecular flexibility index (Phi) is 3.65. The number of nitrogens with two attached hydrogens (primary N) is 1. The van der Waals surface area contributed by atoms with Crippen molar-refractivity contribution in [3.63, 3.8) is 0 Å². The number of benzene rings is 1. The smallest absolute Gasteiger partial charge is 0.137 e. The number of hydrazine groups is 1. The van der Waals surface area contributed by atoms with Gasteiger partial charge in [0.1, 0.15) is 5.82 Å². The van der Waals surface area contributed by atoms with Crippen LogP contribution < -0.4 is 11.3 Å². The van der Waals surface area contributed by atoms with E-state index in [4.69, 9.17) is 5.84 Å². The summed E-state index contributed by atoms with van der Waals surface area (Å²) in [5.74, 6) is 4.87. The maximum atomic E-state index is 12.9. The molecule has 0 radical (unpaired) electrons. The second kappa shape index (κ2) is 4.54. The predicted molar refractivity (Wildman–Crippen MR) is 50.0 cm³/mol. The van der Waals surface area contributed by atoms with Crippen molar-refractivity contribution in [1.29, 1.82) is 0 Å². The topological polar surface area (TPSA) is 38.0 Å². The van der Waals surface area contributed by atoms with Gasteiger partial charge < -0.3 is 0 Å². The Bertz CT molecular complexity index is 265. The van der Waals surface area contributed by atoms with Gasteiger partial charge in [-0.15, -0.1) is 0 Å². The molecule has 0 saturated carbocycles. The van der Waals surface area contributed by atoms with Crippen LogP contribution in [0.4, 0.5) is 4.39 Å². The molecule has 0 unspecified atom stereocenters. The van der Waals surface area contributed by atoms with Crippen molar-refractivity contribution in [3.05, 3.63) is 34.1 Å². The molecule has 0 fully saturated rings. The Morgan fingerprint density at radius 1 is 1.50 bits per heavy atom. The minimum atomic E-state index is -0.232. The van der Waals surface area contributed by atoms with Crippen molar-refractivity contribution in [1.82, 2.24) is 5.43 Å². The normalized spacial score (nSPS) is 10.2. The van der Waals surface area contributed by atoms with Crippen molar-refractivity contribution in [2.45, 2.75) is 6.42 Å². The molecule has 0 spiro atoms. The van der Waals surface area contributed by atoms with Crippen molar-refractivity contribution in [3.8, 4) is 0 Å². The summed E-state index contributed by atoms with van der Waals surface area (Å²) >= 11 is 3.17. The number of hydrogen-bond donors (Lipinski definition) is 2. The lowest BCUT2D eigenvalue weighted by Crippen LogP contribution is -2.24. The van der Waals surface area contributed by atoms with Gasteiger partial charge in [-0.2, -0.15) is 0 Å². The number of nitrogens with one attached hydrogen (secondary N) is 1. The lowest BCUT2D eigenvalue weighted by Gasteiger charge is -2.03. The minimum absolute atomic E-state index is 0.232. The summed E-state index contributed by atoms with van der Waals surface area (Å²) in [5.41, 5.74) is 3.44.